The molecule has 0 saturated carbocycles. The second-order valence-corrected chi connectivity index (χ2v) is 11.1. The average Bonchev–Trinajstić information content (AvgIpc) is 3.50. The van der Waals surface area contributed by atoms with Gasteiger partial charge in [-0.15, -0.1) is 0 Å². The number of likely N-dealkylation sites (tertiary alicyclic amines) is 1. The predicted octanol–water partition coefficient (Wildman–Crippen LogP) is 4.95. The fraction of sp³-hybridized carbons (Fsp3) is 0.433. The first-order valence-corrected chi connectivity index (χ1v) is 13.7. The molecule has 1 N–H and O–H groups in total. The first kappa shape index (κ1) is 23.7. The first-order valence-electron chi connectivity index (χ1n) is 13.7. The number of ether oxygens (including phenoxy) is 1. The summed E-state index contributed by atoms with van der Waals surface area (Å²) >= 11 is 0. The number of aromatic nitrogens is 3. The van der Waals surface area contributed by atoms with Crippen molar-refractivity contribution in [1.29, 1.82) is 0 Å². The Labute approximate surface area is 223 Å². The van der Waals surface area contributed by atoms with Crippen molar-refractivity contribution >= 4 is 27.5 Å². The van der Waals surface area contributed by atoms with Crippen LogP contribution < -0.4 is 15.0 Å². The fourth-order valence-electron chi connectivity index (χ4n) is 6.54. The van der Waals surface area contributed by atoms with Crippen LogP contribution in [-0.2, 0) is 0 Å². The molecule has 0 aliphatic carbocycles. The molecule has 3 saturated heterocycles. The number of likely N-dealkylation sites (N-methyl/N-ethyl adjacent to an activating group) is 1. The van der Waals surface area contributed by atoms with Gasteiger partial charge in [0, 0.05) is 50.0 Å². The van der Waals surface area contributed by atoms with Gasteiger partial charge in [-0.1, -0.05) is 24.3 Å². The van der Waals surface area contributed by atoms with E-state index in [0.717, 1.165) is 70.4 Å². The largest absolute Gasteiger partial charge is 0.462 e. The molecule has 2 aromatic heterocycles. The maximum absolute atomic E-state index is 14.2. The number of hydrogen-bond donors (Lipinski definition) is 1. The van der Waals surface area contributed by atoms with Gasteiger partial charge in [-0.3, -0.25) is 4.98 Å². The Morgan fingerprint density at radius 2 is 1.92 bits per heavy atom. The molecular weight excluding hydrogens is 479 g/mol. The highest BCUT2D eigenvalue weighted by atomic mass is 19.1. The van der Waals surface area contributed by atoms with E-state index in [4.69, 9.17) is 19.7 Å². The van der Waals surface area contributed by atoms with Crippen LogP contribution in [0.4, 0.5) is 10.2 Å². The topological polar surface area (TPSA) is 66.4 Å². The number of anilines is 1. The standard InChI is InChI=1S/C30H33FN6O.H2/c1-18-27(24-7-3-5-19-8-9-20(31)13-25(19)24)32-14-26-28(18)34-30(38-17-23-6-4-12-36(23)2)35-29(26)37-15-21-10-11-22(16-37)33-21;/h3,5,7-9,13-14,21-23,33H,4,6,10-12,15-17H2,1-2H3;1H/t21?,22?,23-;/m0./s1. The summed E-state index contributed by atoms with van der Waals surface area (Å²) in [6, 6.07) is 12.7. The van der Waals surface area contributed by atoms with E-state index in [9.17, 15) is 4.39 Å². The SMILES string of the molecule is Cc1c(-c2cccc3ccc(F)cc23)ncc2c(N3CC4CCC(C3)N4)nc(OC[C@@H]3CCCN3C)nc12.[HH]. The van der Waals surface area contributed by atoms with E-state index in [1.807, 2.05) is 30.5 Å². The molecule has 7 rings (SSSR count). The van der Waals surface area contributed by atoms with Crippen LogP contribution in [0, 0.1) is 12.7 Å². The number of halogens is 1. The Kier molecular flexibility index (Phi) is 5.89. The molecule has 0 radical (unpaired) electrons. The molecule has 2 aromatic carbocycles. The van der Waals surface area contributed by atoms with Gasteiger partial charge in [-0.25, -0.2) is 4.39 Å². The van der Waals surface area contributed by atoms with Gasteiger partial charge in [0.05, 0.1) is 16.6 Å². The number of fused-ring (bicyclic) bond motifs is 4. The van der Waals surface area contributed by atoms with Crippen LogP contribution >= 0.6 is 0 Å². The van der Waals surface area contributed by atoms with Crippen molar-refractivity contribution in [3.05, 3.63) is 54.0 Å². The third kappa shape index (κ3) is 4.16. The molecule has 3 fully saturated rings. The molecule has 8 heteroatoms. The van der Waals surface area contributed by atoms with Crippen molar-refractivity contribution in [2.24, 2.45) is 0 Å². The van der Waals surface area contributed by atoms with Gasteiger partial charge in [-0.05, 0) is 69.1 Å². The zero-order chi connectivity index (χ0) is 25.8. The molecular formula is C30H35FN6O. The van der Waals surface area contributed by atoms with Crippen LogP contribution in [0.1, 0.15) is 32.7 Å². The monoisotopic (exact) mass is 514 g/mol. The molecule has 0 spiro atoms. The number of pyridine rings is 1. The number of nitrogens with zero attached hydrogens (tertiary/aromatic N) is 5. The average molecular weight is 515 g/mol. The summed E-state index contributed by atoms with van der Waals surface area (Å²) in [4.78, 5) is 19.6. The molecule has 5 heterocycles. The van der Waals surface area contributed by atoms with Gasteiger partial charge in [0.15, 0.2) is 0 Å². The maximum Gasteiger partial charge on any atom is 0.319 e. The highest BCUT2D eigenvalue weighted by Gasteiger charge is 2.34. The van der Waals surface area contributed by atoms with Crippen LogP contribution in [0.25, 0.3) is 32.9 Å². The summed E-state index contributed by atoms with van der Waals surface area (Å²) in [5, 5.41) is 6.47. The second-order valence-electron chi connectivity index (χ2n) is 11.1. The molecule has 0 amide bonds. The third-order valence-electron chi connectivity index (χ3n) is 8.63. The molecule has 2 unspecified atom stereocenters. The lowest BCUT2D eigenvalue weighted by atomic mass is 9.98. The van der Waals surface area contributed by atoms with E-state index in [-0.39, 0.29) is 7.24 Å². The van der Waals surface area contributed by atoms with Gasteiger partial charge < -0.3 is 19.9 Å². The van der Waals surface area contributed by atoms with E-state index >= 15 is 0 Å². The van der Waals surface area contributed by atoms with E-state index in [0.29, 0.717) is 30.7 Å². The molecule has 4 aromatic rings. The Morgan fingerprint density at radius 3 is 2.71 bits per heavy atom. The van der Waals surface area contributed by atoms with Crippen LogP contribution in [0.5, 0.6) is 6.01 Å². The zero-order valence-electron chi connectivity index (χ0n) is 22.0. The first-order chi connectivity index (χ1) is 18.5. The molecule has 38 heavy (non-hydrogen) atoms. The number of nitrogens with one attached hydrogen (secondary N) is 1. The van der Waals surface area contributed by atoms with Crippen molar-refractivity contribution in [3.8, 4) is 17.3 Å². The smallest absolute Gasteiger partial charge is 0.319 e. The summed E-state index contributed by atoms with van der Waals surface area (Å²) in [7, 11) is 2.15. The molecule has 3 aliphatic rings. The predicted molar refractivity (Wildman–Crippen MR) is 150 cm³/mol. The van der Waals surface area contributed by atoms with Gasteiger partial charge >= 0.3 is 6.01 Å². The number of aryl methyl sites for hydroxylation is 1. The van der Waals surface area contributed by atoms with Crippen molar-refractivity contribution < 1.29 is 10.6 Å². The van der Waals surface area contributed by atoms with Crippen molar-refractivity contribution in [2.45, 2.75) is 50.7 Å². The van der Waals surface area contributed by atoms with Crippen LogP contribution in [0.15, 0.2) is 42.6 Å². The van der Waals surface area contributed by atoms with Gasteiger partial charge in [0.1, 0.15) is 18.2 Å². The number of piperazine rings is 1. The molecule has 3 atom stereocenters. The van der Waals surface area contributed by atoms with Crippen LogP contribution in [0.2, 0.25) is 0 Å². The summed E-state index contributed by atoms with van der Waals surface area (Å²) in [5.41, 5.74) is 3.50. The number of hydrogen-bond acceptors (Lipinski definition) is 7. The number of rotatable bonds is 5. The van der Waals surface area contributed by atoms with Gasteiger partial charge in [0.25, 0.3) is 0 Å². The molecule has 198 valence electrons. The minimum atomic E-state index is -0.256. The summed E-state index contributed by atoms with van der Waals surface area (Å²) < 4.78 is 20.5. The van der Waals surface area contributed by atoms with E-state index in [1.165, 1.54) is 25.3 Å². The van der Waals surface area contributed by atoms with Gasteiger partial charge in [0.2, 0.25) is 0 Å². The minimum absolute atomic E-state index is 0. The zero-order valence-corrected chi connectivity index (χ0v) is 22.0. The lowest BCUT2D eigenvalue weighted by molar-refractivity contribution is 0.188. The summed E-state index contributed by atoms with van der Waals surface area (Å²) in [6.45, 7) is 5.55. The normalized spacial score (nSPS) is 23.6. The maximum atomic E-state index is 14.2. The number of benzene rings is 2. The molecule has 3 aliphatic heterocycles. The van der Waals surface area contributed by atoms with Crippen LogP contribution in [0.3, 0.4) is 0 Å². The van der Waals surface area contributed by atoms with Crippen molar-refractivity contribution in [2.75, 3.05) is 38.2 Å². The molecule has 7 nitrogen and oxygen atoms in total. The molecule has 2 bridgehead atoms. The Morgan fingerprint density at radius 1 is 1.08 bits per heavy atom. The van der Waals surface area contributed by atoms with Gasteiger partial charge in [-0.2, -0.15) is 9.97 Å². The van der Waals surface area contributed by atoms with E-state index in [2.05, 4.69) is 29.1 Å². The summed E-state index contributed by atoms with van der Waals surface area (Å²) in [5.74, 6) is 0.642. The van der Waals surface area contributed by atoms with Crippen molar-refractivity contribution in [1.82, 2.24) is 25.2 Å². The fourth-order valence-corrected chi connectivity index (χ4v) is 6.54. The lowest BCUT2D eigenvalue weighted by Crippen LogP contribution is -2.51. The highest BCUT2D eigenvalue weighted by Crippen LogP contribution is 2.36. The van der Waals surface area contributed by atoms with E-state index < -0.39 is 0 Å². The Bertz CT molecular complexity index is 1520. The van der Waals surface area contributed by atoms with E-state index in [1.54, 1.807) is 6.07 Å². The Balaban J connectivity index is 0.00000277. The van der Waals surface area contributed by atoms with Crippen molar-refractivity contribution in [3.63, 3.8) is 0 Å². The Hall–Kier alpha value is -3.36. The highest BCUT2D eigenvalue weighted by molar-refractivity contribution is 6.00. The third-order valence-corrected chi connectivity index (χ3v) is 8.63. The summed E-state index contributed by atoms with van der Waals surface area (Å²) in [6.07, 6.45) is 6.60. The second kappa shape index (κ2) is 9.43. The lowest BCUT2D eigenvalue weighted by Gasteiger charge is -2.34. The minimum Gasteiger partial charge on any atom is -0.462 e. The quantitative estimate of drug-likeness (QED) is 0.404. The van der Waals surface area contributed by atoms with Crippen LogP contribution in [-0.4, -0.2) is 71.3 Å².